The summed E-state index contributed by atoms with van der Waals surface area (Å²) in [6.07, 6.45) is 3.30. The Hall–Kier alpha value is -0.260. The van der Waals surface area contributed by atoms with Crippen LogP contribution in [0.3, 0.4) is 0 Å². The predicted molar refractivity (Wildman–Crippen MR) is 54.5 cm³/mol. The van der Waals surface area contributed by atoms with Gasteiger partial charge < -0.3 is 4.74 Å². The standard InChI is InChI=1S/C8H13NO2S2/c1-8(2,11-3)7-9-5-6(12-7)13(4)10/h5H,1-4H3. The number of ether oxygens (including phenoxy) is 1. The van der Waals surface area contributed by atoms with E-state index in [1.54, 1.807) is 19.6 Å². The molecule has 5 heteroatoms. The number of rotatable bonds is 3. The molecule has 1 aromatic heterocycles. The summed E-state index contributed by atoms with van der Waals surface area (Å²) in [6, 6.07) is 0. The zero-order chi connectivity index (χ0) is 10.1. The minimum Gasteiger partial charge on any atom is -0.372 e. The second-order valence-corrected chi connectivity index (χ2v) is 5.79. The third-order valence-corrected chi connectivity index (χ3v) is 4.52. The molecular formula is C8H13NO2S2. The van der Waals surface area contributed by atoms with Gasteiger partial charge in [-0.15, -0.1) is 11.3 Å². The van der Waals surface area contributed by atoms with Crippen LogP contribution in [0.2, 0.25) is 0 Å². The molecule has 74 valence electrons. The van der Waals surface area contributed by atoms with Crippen LogP contribution < -0.4 is 0 Å². The molecule has 1 rings (SSSR count). The Balaban J connectivity index is 2.98. The summed E-state index contributed by atoms with van der Waals surface area (Å²) in [6.45, 7) is 3.88. The lowest BCUT2D eigenvalue weighted by Crippen LogP contribution is -2.18. The van der Waals surface area contributed by atoms with Gasteiger partial charge in [-0.2, -0.15) is 0 Å². The highest BCUT2D eigenvalue weighted by Gasteiger charge is 2.23. The minimum absolute atomic E-state index is 0.387. The van der Waals surface area contributed by atoms with E-state index < -0.39 is 10.8 Å². The van der Waals surface area contributed by atoms with Crippen molar-refractivity contribution in [2.75, 3.05) is 13.4 Å². The first-order valence-electron chi connectivity index (χ1n) is 3.82. The van der Waals surface area contributed by atoms with Crippen molar-refractivity contribution in [3.8, 4) is 0 Å². The number of thiazole rings is 1. The molecule has 0 saturated heterocycles. The van der Waals surface area contributed by atoms with E-state index in [0.717, 1.165) is 9.22 Å². The Kier molecular flexibility index (Phi) is 3.21. The fourth-order valence-corrected chi connectivity index (χ4v) is 2.40. The van der Waals surface area contributed by atoms with Gasteiger partial charge in [-0.25, -0.2) is 4.98 Å². The molecule has 0 aliphatic carbocycles. The monoisotopic (exact) mass is 219 g/mol. The van der Waals surface area contributed by atoms with Gasteiger partial charge >= 0.3 is 0 Å². The summed E-state index contributed by atoms with van der Waals surface area (Å²) in [7, 11) is 0.698. The molecular weight excluding hydrogens is 206 g/mol. The van der Waals surface area contributed by atoms with Crippen molar-refractivity contribution in [3.05, 3.63) is 11.2 Å². The number of nitrogens with zero attached hydrogens (tertiary/aromatic N) is 1. The molecule has 1 heterocycles. The van der Waals surface area contributed by atoms with Gasteiger partial charge in [0.15, 0.2) is 0 Å². The lowest BCUT2D eigenvalue weighted by atomic mass is 10.1. The zero-order valence-corrected chi connectivity index (χ0v) is 9.79. The second kappa shape index (κ2) is 3.86. The van der Waals surface area contributed by atoms with Crippen molar-refractivity contribution in [1.82, 2.24) is 4.98 Å². The Bertz CT molecular complexity index is 320. The summed E-state index contributed by atoms with van der Waals surface area (Å²) < 4.78 is 17.2. The van der Waals surface area contributed by atoms with Gasteiger partial charge in [-0.1, -0.05) is 0 Å². The predicted octanol–water partition coefficient (Wildman–Crippen LogP) is 1.76. The molecule has 0 amide bonds. The minimum atomic E-state index is -0.944. The third-order valence-electron chi connectivity index (χ3n) is 1.79. The van der Waals surface area contributed by atoms with Gasteiger partial charge in [-0.3, -0.25) is 4.21 Å². The molecule has 0 aliphatic rings. The van der Waals surface area contributed by atoms with Gasteiger partial charge in [0.05, 0.1) is 17.0 Å². The average Bonchev–Trinajstić information content (AvgIpc) is 2.52. The van der Waals surface area contributed by atoms with Crippen LogP contribution in [0.25, 0.3) is 0 Å². The van der Waals surface area contributed by atoms with Crippen LogP contribution in [0.1, 0.15) is 18.9 Å². The summed E-state index contributed by atoms with van der Waals surface area (Å²) in [5.74, 6) is 0. The van der Waals surface area contributed by atoms with Crippen molar-refractivity contribution in [1.29, 1.82) is 0 Å². The highest BCUT2D eigenvalue weighted by molar-refractivity contribution is 7.86. The first kappa shape index (κ1) is 10.8. The maximum atomic E-state index is 11.1. The SMILES string of the molecule is COC(C)(C)c1ncc(S(C)=O)s1. The van der Waals surface area contributed by atoms with Gasteiger partial charge in [-0.05, 0) is 13.8 Å². The van der Waals surface area contributed by atoms with Crippen molar-refractivity contribution in [2.45, 2.75) is 23.7 Å². The van der Waals surface area contributed by atoms with Crippen molar-refractivity contribution >= 4 is 22.1 Å². The largest absolute Gasteiger partial charge is 0.372 e. The highest BCUT2D eigenvalue weighted by atomic mass is 32.2. The summed E-state index contributed by atoms with van der Waals surface area (Å²) in [5.41, 5.74) is -0.387. The van der Waals surface area contributed by atoms with Crippen molar-refractivity contribution in [2.24, 2.45) is 0 Å². The highest BCUT2D eigenvalue weighted by Crippen LogP contribution is 2.28. The smallest absolute Gasteiger partial charge is 0.125 e. The number of hydrogen-bond acceptors (Lipinski definition) is 4. The number of aromatic nitrogens is 1. The molecule has 0 fully saturated rings. The van der Waals surface area contributed by atoms with Crippen LogP contribution in [0, 0.1) is 0 Å². The molecule has 1 aromatic rings. The number of hydrogen-bond donors (Lipinski definition) is 0. The Labute approximate surface area is 84.6 Å². The summed E-state index contributed by atoms with van der Waals surface area (Å²) >= 11 is 1.44. The molecule has 1 unspecified atom stereocenters. The van der Waals surface area contributed by atoms with Gasteiger partial charge in [0.1, 0.15) is 14.8 Å². The van der Waals surface area contributed by atoms with E-state index in [1.165, 1.54) is 11.3 Å². The molecule has 0 bridgehead atoms. The van der Waals surface area contributed by atoms with Crippen LogP contribution in [-0.2, 0) is 21.1 Å². The van der Waals surface area contributed by atoms with E-state index in [2.05, 4.69) is 4.98 Å². The average molecular weight is 219 g/mol. The maximum Gasteiger partial charge on any atom is 0.125 e. The summed E-state index contributed by atoms with van der Waals surface area (Å²) in [5, 5.41) is 0.861. The first-order valence-corrected chi connectivity index (χ1v) is 6.19. The van der Waals surface area contributed by atoms with E-state index >= 15 is 0 Å². The lowest BCUT2D eigenvalue weighted by Gasteiger charge is -2.19. The van der Waals surface area contributed by atoms with E-state index in [4.69, 9.17) is 4.74 Å². The molecule has 13 heavy (non-hydrogen) atoms. The molecule has 0 spiro atoms. The lowest BCUT2D eigenvalue weighted by molar-refractivity contribution is 0.0190. The fourth-order valence-electron chi connectivity index (χ4n) is 0.758. The normalized spacial score (nSPS) is 14.5. The van der Waals surface area contributed by atoms with Crippen LogP contribution >= 0.6 is 11.3 Å². The van der Waals surface area contributed by atoms with Crippen molar-refractivity contribution < 1.29 is 8.95 Å². The molecule has 0 radical (unpaired) electrons. The quantitative estimate of drug-likeness (QED) is 0.777. The van der Waals surface area contributed by atoms with Crippen LogP contribution in [-0.4, -0.2) is 22.6 Å². The topological polar surface area (TPSA) is 39.2 Å². The molecule has 3 nitrogen and oxygen atoms in total. The first-order chi connectivity index (χ1) is 5.97. The summed E-state index contributed by atoms with van der Waals surface area (Å²) in [4.78, 5) is 4.18. The fraction of sp³-hybridized carbons (Fsp3) is 0.625. The second-order valence-electron chi connectivity index (χ2n) is 3.15. The van der Waals surface area contributed by atoms with E-state index in [0.29, 0.717) is 0 Å². The molecule has 0 saturated carbocycles. The Morgan fingerprint density at radius 3 is 2.62 bits per heavy atom. The molecule has 0 N–H and O–H groups in total. The van der Waals surface area contributed by atoms with Gasteiger partial charge in [0.2, 0.25) is 0 Å². The maximum absolute atomic E-state index is 11.1. The zero-order valence-electron chi connectivity index (χ0n) is 8.16. The van der Waals surface area contributed by atoms with Crippen molar-refractivity contribution in [3.63, 3.8) is 0 Å². The van der Waals surface area contributed by atoms with Crippen LogP contribution in [0.15, 0.2) is 10.4 Å². The van der Waals surface area contributed by atoms with Gasteiger partial charge in [0, 0.05) is 13.4 Å². The Morgan fingerprint density at radius 2 is 2.23 bits per heavy atom. The molecule has 0 aliphatic heterocycles. The molecule has 1 atom stereocenters. The number of methoxy groups -OCH3 is 1. The van der Waals surface area contributed by atoms with E-state index in [-0.39, 0.29) is 5.60 Å². The van der Waals surface area contributed by atoms with Crippen LogP contribution in [0.5, 0.6) is 0 Å². The van der Waals surface area contributed by atoms with Gasteiger partial charge in [0.25, 0.3) is 0 Å². The Morgan fingerprint density at radius 1 is 1.62 bits per heavy atom. The third kappa shape index (κ3) is 2.36. The van der Waals surface area contributed by atoms with E-state index in [9.17, 15) is 4.21 Å². The van der Waals surface area contributed by atoms with Crippen LogP contribution in [0.4, 0.5) is 0 Å². The van der Waals surface area contributed by atoms with E-state index in [1.807, 2.05) is 13.8 Å². The molecule has 0 aromatic carbocycles.